The first-order chi connectivity index (χ1) is 16.8. The predicted molar refractivity (Wildman–Crippen MR) is 128 cm³/mol. The number of β-lactam (4-membered cyclic amide) rings is 1. The minimum atomic E-state index is -1.23. The summed E-state index contributed by atoms with van der Waals surface area (Å²) < 4.78 is 0. The number of amides is 2. The average molecular weight is 541 g/mol. The maximum atomic E-state index is 12.9. The Morgan fingerprint density at radius 3 is 2.91 bits per heavy atom. The fourth-order valence-corrected chi connectivity index (χ4v) is 6.25. The SMILES string of the molecule is CCNn1nnnc1SCC1=C(C(=O)O)N2C(=O)[C@@H](NC(=O)/C(=N\OC)c3csc(N)n3)[C@@H]2SC1. The van der Waals surface area contributed by atoms with E-state index in [0.717, 1.165) is 11.3 Å². The van der Waals surface area contributed by atoms with Gasteiger partial charge in [-0.15, -0.1) is 27.9 Å². The number of oxime groups is 1. The molecule has 0 aliphatic carbocycles. The van der Waals surface area contributed by atoms with Gasteiger partial charge in [0.05, 0.1) is 0 Å². The number of carbonyl (C=O) groups excluding carboxylic acids is 2. The number of thiazole rings is 1. The van der Waals surface area contributed by atoms with Crippen LogP contribution < -0.4 is 16.5 Å². The quantitative estimate of drug-likeness (QED) is 0.126. The van der Waals surface area contributed by atoms with Crippen LogP contribution in [0.15, 0.2) is 27.0 Å². The van der Waals surface area contributed by atoms with Crippen molar-refractivity contribution in [2.24, 2.45) is 5.16 Å². The van der Waals surface area contributed by atoms with Crippen molar-refractivity contribution >= 4 is 63.5 Å². The molecule has 5 N–H and O–H groups in total. The minimum Gasteiger partial charge on any atom is -0.477 e. The van der Waals surface area contributed by atoms with Crippen LogP contribution in [0.3, 0.4) is 0 Å². The summed E-state index contributed by atoms with van der Waals surface area (Å²) >= 11 is 3.72. The van der Waals surface area contributed by atoms with Crippen LogP contribution in [-0.2, 0) is 19.2 Å². The van der Waals surface area contributed by atoms with E-state index in [1.54, 1.807) is 5.38 Å². The Morgan fingerprint density at radius 2 is 2.26 bits per heavy atom. The summed E-state index contributed by atoms with van der Waals surface area (Å²) in [5.74, 6) is -1.84. The highest BCUT2D eigenvalue weighted by Crippen LogP contribution is 2.41. The Bertz CT molecular complexity index is 1210. The Balaban J connectivity index is 1.48. The Morgan fingerprint density at radius 1 is 1.46 bits per heavy atom. The number of fused-ring (bicyclic) bond motifs is 1. The summed E-state index contributed by atoms with van der Waals surface area (Å²) in [6.45, 7) is 2.49. The number of aromatic nitrogens is 5. The van der Waals surface area contributed by atoms with E-state index in [1.165, 1.54) is 40.3 Å². The number of aliphatic carboxylic acids is 1. The number of carbonyl (C=O) groups is 3. The lowest BCUT2D eigenvalue weighted by molar-refractivity contribution is -0.150. The zero-order valence-electron chi connectivity index (χ0n) is 18.4. The van der Waals surface area contributed by atoms with Gasteiger partial charge >= 0.3 is 5.97 Å². The molecule has 4 heterocycles. The van der Waals surface area contributed by atoms with Gasteiger partial charge in [0.15, 0.2) is 10.8 Å². The topological polar surface area (TPSA) is 203 Å². The maximum Gasteiger partial charge on any atom is 0.352 e. The molecule has 0 saturated carbocycles. The molecule has 0 bridgehead atoms. The number of nitrogens with zero attached hydrogens (tertiary/aromatic N) is 7. The molecule has 2 aliphatic heterocycles. The summed E-state index contributed by atoms with van der Waals surface area (Å²) in [4.78, 5) is 49.2. The normalized spacial score (nSPS) is 19.8. The molecule has 186 valence electrons. The van der Waals surface area contributed by atoms with Crippen molar-refractivity contribution in [3.8, 4) is 0 Å². The molecule has 2 aromatic rings. The fraction of sp³-hybridized carbons (Fsp3) is 0.412. The third-order valence-corrected chi connectivity index (χ3v) is 7.84. The van der Waals surface area contributed by atoms with Gasteiger partial charge in [0.1, 0.15) is 29.9 Å². The van der Waals surface area contributed by atoms with Crippen molar-refractivity contribution in [2.45, 2.75) is 23.5 Å². The number of nitrogen functional groups attached to an aromatic ring is 1. The predicted octanol–water partition coefficient (Wildman–Crippen LogP) is -0.843. The largest absolute Gasteiger partial charge is 0.477 e. The second kappa shape index (κ2) is 10.5. The van der Waals surface area contributed by atoms with Crippen molar-refractivity contribution < 1.29 is 24.3 Å². The fourth-order valence-electron chi connectivity index (χ4n) is 3.37. The van der Waals surface area contributed by atoms with Gasteiger partial charge in [-0.25, -0.2) is 9.78 Å². The molecule has 2 aromatic heterocycles. The second-order valence-corrected chi connectivity index (χ2v) is 9.92. The molecule has 0 aromatic carbocycles. The van der Waals surface area contributed by atoms with Crippen molar-refractivity contribution in [1.82, 2.24) is 35.5 Å². The van der Waals surface area contributed by atoms with E-state index in [1.807, 2.05) is 6.92 Å². The van der Waals surface area contributed by atoms with Gasteiger partial charge in [0.2, 0.25) is 5.16 Å². The summed E-state index contributed by atoms with van der Waals surface area (Å²) in [6, 6.07) is -0.935. The van der Waals surface area contributed by atoms with Gasteiger partial charge in [-0.2, -0.15) is 0 Å². The van der Waals surface area contributed by atoms with E-state index in [9.17, 15) is 19.5 Å². The number of anilines is 1. The van der Waals surface area contributed by atoms with Crippen LogP contribution in [-0.4, -0.2) is 95.4 Å². The average Bonchev–Trinajstić information content (AvgIpc) is 3.47. The van der Waals surface area contributed by atoms with Crippen molar-refractivity contribution in [3.05, 3.63) is 22.3 Å². The number of nitrogens with two attached hydrogens (primary N) is 1. The first kappa shape index (κ1) is 24.7. The van der Waals surface area contributed by atoms with Crippen LogP contribution >= 0.6 is 34.9 Å². The van der Waals surface area contributed by atoms with Crippen LogP contribution in [0.1, 0.15) is 12.6 Å². The lowest BCUT2D eigenvalue weighted by Gasteiger charge is -2.49. The highest BCUT2D eigenvalue weighted by Gasteiger charge is 2.54. The molecule has 1 fully saturated rings. The van der Waals surface area contributed by atoms with E-state index >= 15 is 0 Å². The van der Waals surface area contributed by atoms with Gasteiger partial charge in [0.25, 0.3) is 11.8 Å². The molecular weight excluding hydrogens is 520 g/mol. The van der Waals surface area contributed by atoms with Gasteiger partial charge in [0, 0.05) is 23.4 Å². The Kier molecular flexibility index (Phi) is 7.41. The molecule has 2 atom stereocenters. The smallest absolute Gasteiger partial charge is 0.352 e. The Hall–Kier alpha value is -3.38. The highest BCUT2D eigenvalue weighted by molar-refractivity contribution is 8.01. The number of carboxylic acid groups (broad SMARTS) is 1. The molecule has 4 rings (SSSR count). The highest BCUT2D eigenvalue weighted by atomic mass is 32.2. The molecule has 1 saturated heterocycles. The van der Waals surface area contributed by atoms with E-state index < -0.39 is 29.2 Å². The number of nitrogens with one attached hydrogen (secondary N) is 2. The van der Waals surface area contributed by atoms with Crippen LogP contribution in [0.2, 0.25) is 0 Å². The zero-order chi connectivity index (χ0) is 25.1. The lowest BCUT2D eigenvalue weighted by Crippen LogP contribution is -2.71. The van der Waals surface area contributed by atoms with Gasteiger partial charge in [-0.1, -0.05) is 22.0 Å². The maximum absolute atomic E-state index is 12.9. The molecule has 15 nitrogen and oxygen atoms in total. The van der Waals surface area contributed by atoms with E-state index in [2.05, 4.69) is 36.4 Å². The van der Waals surface area contributed by atoms with Crippen LogP contribution in [0, 0.1) is 0 Å². The standard InChI is InChI=1S/C17H20N10O5S3/c1-3-19-27-17(22-24-25-27)35-5-7-4-33-14-10(13(29)26(14)11(7)15(30)31)21-12(28)9(23-32-2)8-6-34-16(18)20-8/h6,10,14,19H,3-5H2,1-2H3,(H2,18,20)(H,21,28)(H,30,31)/b23-9-/t10-,14+/m1/s1. The van der Waals surface area contributed by atoms with Gasteiger partial charge in [-0.3, -0.25) is 14.5 Å². The Labute approximate surface area is 210 Å². The van der Waals surface area contributed by atoms with Gasteiger partial charge in [-0.05, 0) is 22.9 Å². The molecule has 0 radical (unpaired) electrons. The number of rotatable bonds is 10. The number of hydrogen-bond acceptors (Lipinski definition) is 14. The number of tetrazole rings is 1. The summed E-state index contributed by atoms with van der Waals surface area (Å²) in [6.07, 6.45) is 0. The minimum absolute atomic E-state index is 0.0997. The lowest BCUT2D eigenvalue weighted by atomic mass is 10.0. The molecule has 0 spiro atoms. The number of hydrogen-bond donors (Lipinski definition) is 4. The van der Waals surface area contributed by atoms with E-state index in [0.29, 0.717) is 23.0 Å². The van der Waals surface area contributed by atoms with Gasteiger partial charge < -0.3 is 26.4 Å². The summed E-state index contributed by atoms with van der Waals surface area (Å²) in [5.41, 5.74) is 9.10. The number of carboxylic acids is 1. The van der Waals surface area contributed by atoms with Crippen LogP contribution in [0.5, 0.6) is 0 Å². The first-order valence-electron chi connectivity index (χ1n) is 10.0. The van der Waals surface area contributed by atoms with Crippen molar-refractivity contribution in [3.63, 3.8) is 0 Å². The van der Waals surface area contributed by atoms with Crippen LogP contribution in [0.4, 0.5) is 5.13 Å². The summed E-state index contributed by atoms with van der Waals surface area (Å²) in [5, 5.41) is 29.2. The molecule has 2 amide bonds. The summed E-state index contributed by atoms with van der Waals surface area (Å²) in [7, 11) is 1.27. The van der Waals surface area contributed by atoms with E-state index in [-0.39, 0.29) is 28.0 Å². The monoisotopic (exact) mass is 540 g/mol. The molecule has 0 unspecified atom stereocenters. The third-order valence-electron chi connectivity index (χ3n) is 4.82. The second-order valence-electron chi connectivity index (χ2n) is 6.99. The molecule has 2 aliphatic rings. The first-order valence-corrected chi connectivity index (χ1v) is 13.0. The molecule has 18 heteroatoms. The third kappa shape index (κ3) is 4.89. The van der Waals surface area contributed by atoms with Crippen LogP contribution in [0.25, 0.3) is 0 Å². The molecular formula is C17H20N10O5S3. The zero-order valence-corrected chi connectivity index (χ0v) is 20.8. The van der Waals surface area contributed by atoms with Crippen molar-refractivity contribution in [1.29, 1.82) is 0 Å². The number of thioether (sulfide) groups is 2. The molecule has 35 heavy (non-hydrogen) atoms. The van der Waals surface area contributed by atoms with Crippen molar-refractivity contribution in [2.75, 3.05) is 36.3 Å². The van der Waals surface area contributed by atoms with E-state index in [4.69, 9.17) is 10.6 Å².